The van der Waals surface area contributed by atoms with E-state index in [2.05, 4.69) is 11.8 Å². The third-order valence-electron chi connectivity index (χ3n) is 2.46. The summed E-state index contributed by atoms with van der Waals surface area (Å²) >= 11 is 0. The van der Waals surface area contributed by atoms with Gasteiger partial charge in [-0.1, -0.05) is 17.9 Å². The van der Waals surface area contributed by atoms with E-state index >= 15 is 0 Å². The standard InChI is InChI=1S/C15H21NO2/c1-13-7-8-15(14(12-13)6-5-9-16)18-11-4-3-10-17-2/h7-8,12H,3-4,9-11,16H2,1-2H3. The van der Waals surface area contributed by atoms with Gasteiger partial charge >= 0.3 is 0 Å². The van der Waals surface area contributed by atoms with Gasteiger partial charge in [-0.2, -0.15) is 0 Å². The Morgan fingerprint density at radius 3 is 2.72 bits per heavy atom. The largest absolute Gasteiger partial charge is 0.492 e. The molecule has 18 heavy (non-hydrogen) atoms. The molecule has 0 radical (unpaired) electrons. The number of unbranched alkanes of at least 4 members (excludes halogenated alkanes) is 1. The van der Waals surface area contributed by atoms with Crippen LogP contribution in [0.1, 0.15) is 24.0 Å². The van der Waals surface area contributed by atoms with E-state index in [0.717, 1.165) is 30.8 Å². The fraction of sp³-hybridized carbons (Fsp3) is 0.467. The van der Waals surface area contributed by atoms with Gasteiger partial charge in [0.2, 0.25) is 0 Å². The molecule has 3 heteroatoms. The highest BCUT2D eigenvalue weighted by Crippen LogP contribution is 2.19. The van der Waals surface area contributed by atoms with Gasteiger partial charge in [-0.3, -0.25) is 0 Å². The normalized spacial score (nSPS) is 9.72. The van der Waals surface area contributed by atoms with Crippen molar-refractivity contribution in [1.29, 1.82) is 0 Å². The summed E-state index contributed by atoms with van der Waals surface area (Å²) in [6.45, 7) is 3.86. The Morgan fingerprint density at radius 1 is 1.22 bits per heavy atom. The van der Waals surface area contributed by atoms with Gasteiger partial charge in [0.25, 0.3) is 0 Å². The summed E-state index contributed by atoms with van der Waals surface area (Å²) in [6, 6.07) is 6.01. The highest BCUT2D eigenvalue weighted by Gasteiger charge is 2.01. The molecule has 0 aliphatic rings. The first-order valence-electron chi connectivity index (χ1n) is 6.19. The maximum atomic E-state index is 5.74. The van der Waals surface area contributed by atoms with Crippen LogP contribution in [0, 0.1) is 18.8 Å². The van der Waals surface area contributed by atoms with Gasteiger partial charge < -0.3 is 15.2 Å². The molecule has 1 aromatic rings. The van der Waals surface area contributed by atoms with Crippen LogP contribution >= 0.6 is 0 Å². The molecule has 2 N–H and O–H groups in total. The van der Waals surface area contributed by atoms with E-state index < -0.39 is 0 Å². The molecule has 0 saturated heterocycles. The third kappa shape index (κ3) is 5.22. The van der Waals surface area contributed by atoms with Gasteiger partial charge in [0.05, 0.1) is 18.7 Å². The van der Waals surface area contributed by atoms with E-state index in [0.29, 0.717) is 13.2 Å². The predicted molar refractivity (Wildman–Crippen MR) is 73.7 cm³/mol. The van der Waals surface area contributed by atoms with E-state index in [-0.39, 0.29) is 0 Å². The van der Waals surface area contributed by atoms with Crippen molar-refractivity contribution in [1.82, 2.24) is 0 Å². The number of methoxy groups -OCH3 is 1. The molecule has 0 aromatic heterocycles. The van der Waals surface area contributed by atoms with Crippen LogP contribution in [0.5, 0.6) is 5.75 Å². The molecule has 98 valence electrons. The van der Waals surface area contributed by atoms with E-state index in [1.54, 1.807) is 7.11 Å². The van der Waals surface area contributed by atoms with E-state index in [4.69, 9.17) is 15.2 Å². The van der Waals surface area contributed by atoms with Gasteiger partial charge in [0.1, 0.15) is 5.75 Å². The molecule has 3 nitrogen and oxygen atoms in total. The number of hydrogen-bond donors (Lipinski definition) is 1. The molecule has 0 heterocycles. The Balaban J connectivity index is 2.58. The SMILES string of the molecule is COCCCCOc1ccc(C)cc1C#CCN. The number of ether oxygens (including phenoxy) is 2. The quantitative estimate of drug-likeness (QED) is 0.618. The second-order valence-corrected chi connectivity index (χ2v) is 4.05. The summed E-state index contributed by atoms with van der Waals surface area (Å²) in [5.41, 5.74) is 7.47. The van der Waals surface area contributed by atoms with Crippen LogP contribution < -0.4 is 10.5 Å². The zero-order valence-corrected chi connectivity index (χ0v) is 11.2. The minimum absolute atomic E-state index is 0.362. The average molecular weight is 247 g/mol. The molecule has 0 saturated carbocycles. The van der Waals surface area contributed by atoms with Crippen LogP contribution in [0.4, 0.5) is 0 Å². The monoisotopic (exact) mass is 247 g/mol. The molecule has 0 aliphatic carbocycles. The molecular formula is C15H21NO2. The van der Waals surface area contributed by atoms with Gasteiger partial charge in [-0.25, -0.2) is 0 Å². The maximum absolute atomic E-state index is 5.74. The Labute approximate surface area is 109 Å². The Hall–Kier alpha value is -1.50. The fourth-order valence-electron chi connectivity index (χ4n) is 1.54. The zero-order valence-electron chi connectivity index (χ0n) is 11.2. The van der Waals surface area contributed by atoms with Crippen molar-refractivity contribution in [2.75, 3.05) is 26.9 Å². The first-order chi connectivity index (χ1) is 8.77. The van der Waals surface area contributed by atoms with Crippen molar-refractivity contribution in [2.45, 2.75) is 19.8 Å². The molecule has 1 aromatic carbocycles. The van der Waals surface area contributed by atoms with Crippen LogP contribution in [-0.4, -0.2) is 26.9 Å². The van der Waals surface area contributed by atoms with Crippen molar-refractivity contribution in [3.63, 3.8) is 0 Å². The zero-order chi connectivity index (χ0) is 13.2. The Kier molecular flexibility index (Phi) is 6.93. The van der Waals surface area contributed by atoms with Crippen LogP contribution in [0.15, 0.2) is 18.2 Å². The summed E-state index contributed by atoms with van der Waals surface area (Å²) in [7, 11) is 1.71. The molecule has 0 spiro atoms. The average Bonchev–Trinajstić information content (AvgIpc) is 2.38. The number of aryl methyl sites for hydroxylation is 1. The molecule has 0 bridgehead atoms. The lowest BCUT2D eigenvalue weighted by Gasteiger charge is -2.08. The summed E-state index contributed by atoms with van der Waals surface area (Å²) < 4.78 is 10.7. The third-order valence-corrected chi connectivity index (χ3v) is 2.46. The van der Waals surface area contributed by atoms with E-state index in [1.807, 2.05) is 25.1 Å². The molecule has 0 fully saturated rings. The second-order valence-electron chi connectivity index (χ2n) is 4.05. The van der Waals surface area contributed by atoms with Crippen LogP contribution in [-0.2, 0) is 4.74 Å². The lowest BCUT2D eigenvalue weighted by molar-refractivity contribution is 0.184. The minimum Gasteiger partial charge on any atom is -0.492 e. The van der Waals surface area contributed by atoms with Crippen molar-refractivity contribution < 1.29 is 9.47 Å². The van der Waals surface area contributed by atoms with Crippen LogP contribution in [0.3, 0.4) is 0 Å². The number of nitrogens with two attached hydrogens (primary N) is 1. The lowest BCUT2D eigenvalue weighted by Crippen LogP contribution is -2.01. The smallest absolute Gasteiger partial charge is 0.134 e. The van der Waals surface area contributed by atoms with Crippen molar-refractivity contribution in [2.24, 2.45) is 5.73 Å². The van der Waals surface area contributed by atoms with Gasteiger partial charge in [-0.05, 0) is 37.5 Å². The summed E-state index contributed by atoms with van der Waals surface area (Å²) in [4.78, 5) is 0. The molecule has 0 amide bonds. The highest BCUT2D eigenvalue weighted by atomic mass is 16.5. The van der Waals surface area contributed by atoms with Crippen molar-refractivity contribution >= 4 is 0 Å². The highest BCUT2D eigenvalue weighted by molar-refractivity contribution is 5.48. The predicted octanol–water partition coefficient (Wildman–Crippen LogP) is 2.11. The Bertz CT molecular complexity index is 418. The molecule has 0 unspecified atom stereocenters. The van der Waals surface area contributed by atoms with Gasteiger partial charge in [0, 0.05) is 13.7 Å². The lowest BCUT2D eigenvalue weighted by atomic mass is 10.1. The number of benzene rings is 1. The molecule has 1 rings (SSSR count). The number of hydrogen-bond acceptors (Lipinski definition) is 3. The van der Waals surface area contributed by atoms with Crippen LogP contribution in [0.2, 0.25) is 0 Å². The van der Waals surface area contributed by atoms with Crippen molar-refractivity contribution in [3.05, 3.63) is 29.3 Å². The fourth-order valence-corrected chi connectivity index (χ4v) is 1.54. The van der Waals surface area contributed by atoms with Crippen LogP contribution in [0.25, 0.3) is 0 Å². The molecule has 0 aliphatic heterocycles. The van der Waals surface area contributed by atoms with Gasteiger partial charge in [-0.15, -0.1) is 0 Å². The van der Waals surface area contributed by atoms with E-state index in [1.165, 1.54) is 5.56 Å². The Morgan fingerprint density at radius 2 is 2.00 bits per heavy atom. The summed E-state index contributed by atoms with van der Waals surface area (Å²) in [6.07, 6.45) is 1.98. The first kappa shape index (κ1) is 14.6. The maximum Gasteiger partial charge on any atom is 0.134 e. The van der Waals surface area contributed by atoms with Crippen molar-refractivity contribution in [3.8, 4) is 17.6 Å². The van der Waals surface area contributed by atoms with Gasteiger partial charge in [0.15, 0.2) is 0 Å². The number of rotatable bonds is 6. The second kappa shape index (κ2) is 8.57. The minimum atomic E-state index is 0.362. The summed E-state index contributed by atoms with van der Waals surface area (Å²) in [5, 5.41) is 0. The van der Waals surface area contributed by atoms with E-state index in [9.17, 15) is 0 Å². The topological polar surface area (TPSA) is 44.5 Å². The molecule has 0 atom stereocenters. The summed E-state index contributed by atoms with van der Waals surface area (Å²) in [5.74, 6) is 6.73. The molecular weight excluding hydrogens is 226 g/mol. The first-order valence-corrected chi connectivity index (χ1v) is 6.19.